The van der Waals surface area contributed by atoms with Gasteiger partial charge in [-0.1, -0.05) is 12.1 Å². The second-order valence-electron chi connectivity index (χ2n) is 5.19. The van der Waals surface area contributed by atoms with E-state index >= 15 is 0 Å². The van der Waals surface area contributed by atoms with Gasteiger partial charge in [-0.3, -0.25) is 0 Å². The van der Waals surface area contributed by atoms with Crippen molar-refractivity contribution in [1.82, 2.24) is 4.98 Å². The van der Waals surface area contributed by atoms with Crippen molar-refractivity contribution in [2.45, 2.75) is 17.1 Å². The molecule has 1 unspecified atom stereocenters. The maximum Gasteiger partial charge on any atom is 0.139 e. The lowest BCUT2D eigenvalue weighted by Gasteiger charge is -2.12. The molecule has 0 saturated carbocycles. The summed E-state index contributed by atoms with van der Waals surface area (Å²) in [4.78, 5) is 4.57. The van der Waals surface area contributed by atoms with Gasteiger partial charge >= 0.3 is 0 Å². The fourth-order valence-corrected chi connectivity index (χ4v) is 4.11. The predicted octanol–water partition coefficient (Wildman–Crippen LogP) is 5.55. The van der Waals surface area contributed by atoms with Crippen LogP contribution in [0.2, 0.25) is 0 Å². The molecule has 0 amide bonds. The van der Waals surface area contributed by atoms with Crippen LogP contribution in [0.25, 0.3) is 15.8 Å². The van der Waals surface area contributed by atoms with Crippen molar-refractivity contribution in [3.05, 3.63) is 64.9 Å². The zero-order valence-electron chi connectivity index (χ0n) is 13.0. The van der Waals surface area contributed by atoms with Crippen LogP contribution in [0.3, 0.4) is 0 Å². The van der Waals surface area contributed by atoms with Crippen molar-refractivity contribution < 1.29 is 13.9 Å². The molecule has 126 valence electrons. The van der Waals surface area contributed by atoms with Crippen LogP contribution in [-0.2, 0) is 0 Å². The average Bonchev–Trinajstić information content (AvgIpc) is 3.01. The van der Waals surface area contributed by atoms with Gasteiger partial charge in [-0.15, -0.1) is 23.1 Å². The van der Waals surface area contributed by atoms with E-state index in [0.717, 1.165) is 34.1 Å². The standard InChI is InChI=1S/C18H12F2N2OS2/c1-10(24-15-7-6-11(19)8-13(15)20)17(23)12(9-21)18-22-14-4-2-3-5-16(14)25-18/h2-8,10,23H,1H3/b17-12-. The fourth-order valence-electron chi connectivity index (χ4n) is 2.21. The minimum Gasteiger partial charge on any atom is -0.510 e. The van der Waals surface area contributed by atoms with E-state index in [2.05, 4.69) is 4.98 Å². The topological polar surface area (TPSA) is 56.9 Å². The van der Waals surface area contributed by atoms with Crippen molar-refractivity contribution in [3.8, 4) is 6.07 Å². The molecule has 1 aromatic heterocycles. The first kappa shape index (κ1) is 17.4. The summed E-state index contributed by atoms with van der Waals surface area (Å²) in [6.45, 7) is 1.65. The van der Waals surface area contributed by atoms with Crippen molar-refractivity contribution in [2.24, 2.45) is 0 Å². The monoisotopic (exact) mass is 374 g/mol. The van der Waals surface area contributed by atoms with E-state index in [-0.39, 0.29) is 16.2 Å². The number of benzene rings is 2. The number of thiazole rings is 1. The third kappa shape index (κ3) is 3.65. The molecule has 25 heavy (non-hydrogen) atoms. The van der Waals surface area contributed by atoms with Crippen LogP contribution < -0.4 is 0 Å². The van der Waals surface area contributed by atoms with Crippen LogP contribution in [0, 0.1) is 23.0 Å². The Kier molecular flexibility index (Phi) is 5.02. The highest BCUT2D eigenvalue weighted by molar-refractivity contribution is 8.00. The van der Waals surface area contributed by atoms with Gasteiger partial charge in [0.2, 0.25) is 0 Å². The number of hydrogen-bond acceptors (Lipinski definition) is 5. The Bertz CT molecular complexity index is 975. The molecule has 0 aliphatic rings. The number of nitriles is 1. The summed E-state index contributed by atoms with van der Waals surface area (Å²) in [5.74, 6) is -1.56. The van der Waals surface area contributed by atoms with Crippen molar-refractivity contribution >= 4 is 38.9 Å². The van der Waals surface area contributed by atoms with Gasteiger partial charge in [0.1, 0.15) is 34.0 Å². The second-order valence-corrected chi connectivity index (χ2v) is 7.61. The maximum absolute atomic E-state index is 13.8. The number of rotatable bonds is 4. The Morgan fingerprint density at radius 2 is 2.04 bits per heavy atom. The number of aliphatic hydroxyl groups is 1. The lowest BCUT2D eigenvalue weighted by atomic mass is 10.2. The first-order chi connectivity index (χ1) is 12.0. The summed E-state index contributed by atoms with van der Waals surface area (Å²) in [7, 11) is 0. The Labute approximate surface area is 151 Å². The minimum atomic E-state index is -0.705. The van der Waals surface area contributed by atoms with Crippen LogP contribution in [0.1, 0.15) is 11.9 Å². The molecule has 3 aromatic rings. The Morgan fingerprint density at radius 1 is 1.28 bits per heavy atom. The molecule has 0 bridgehead atoms. The number of hydrogen-bond donors (Lipinski definition) is 1. The molecule has 1 atom stereocenters. The first-order valence-corrected chi connectivity index (χ1v) is 9.00. The van der Waals surface area contributed by atoms with E-state index in [1.807, 2.05) is 30.3 Å². The predicted molar refractivity (Wildman–Crippen MR) is 96.5 cm³/mol. The quantitative estimate of drug-likeness (QED) is 0.370. The number of halogens is 2. The highest BCUT2D eigenvalue weighted by Gasteiger charge is 2.20. The van der Waals surface area contributed by atoms with Crippen molar-refractivity contribution in [2.75, 3.05) is 0 Å². The molecule has 0 radical (unpaired) electrons. The van der Waals surface area contributed by atoms with Gasteiger partial charge in [-0.25, -0.2) is 13.8 Å². The molecule has 3 nitrogen and oxygen atoms in total. The molecular formula is C18H12F2N2OS2. The first-order valence-electron chi connectivity index (χ1n) is 7.30. The number of nitrogens with zero attached hydrogens (tertiary/aromatic N) is 2. The molecule has 2 aromatic carbocycles. The highest BCUT2D eigenvalue weighted by Crippen LogP contribution is 2.34. The minimum absolute atomic E-state index is 0.0590. The largest absolute Gasteiger partial charge is 0.510 e. The molecule has 0 saturated heterocycles. The SMILES string of the molecule is CC(Sc1ccc(F)cc1F)/C(O)=C(\C#N)c1nc2ccccc2s1. The number of para-hydroxylation sites is 1. The Morgan fingerprint density at radius 3 is 2.72 bits per heavy atom. The lowest BCUT2D eigenvalue weighted by Crippen LogP contribution is -2.04. The van der Waals surface area contributed by atoms with Gasteiger partial charge in [0.05, 0.1) is 15.5 Å². The number of aliphatic hydroxyl groups excluding tert-OH is 1. The van der Waals surface area contributed by atoms with Crippen molar-refractivity contribution in [3.63, 3.8) is 0 Å². The summed E-state index contributed by atoms with van der Waals surface area (Å²) < 4.78 is 27.7. The zero-order chi connectivity index (χ0) is 18.0. The maximum atomic E-state index is 13.8. The fraction of sp³-hybridized carbons (Fsp3) is 0.111. The molecule has 0 fully saturated rings. The van der Waals surface area contributed by atoms with Gasteiger partial charge < -0.3 is 5.11 Å². The molecule has 1 N–H and O–H groups in total. The van der Waals surface area contributed by atoms with Gasteiger partial charge in [0, 0.05) is 11.0 Å². The molecular weight excluding hydrogens is 362 g/mol. The van der Waals surface area contributed by atoms with Gasteiger partial charge in [-0.05, 0) is 31.2 Å². The van der Waals surface area contributed by atoms with E-state index in [1.54, 1.807) is 6.92 Å². The Hall–Kier alpha value is -2.43. The number of fused-ring (bicyclic) bond motifs is 1. The van der Waals surface area contributed by atoms with E-state index in [0.29, 0.717) is 5.01 Å². The number of allylic oxidation sites excluding steroid dienone is 1. The van der Waals surface area contributed by atoms with Crippen LogP contribution in [-0.4, -0.2) is 15.3 Å². The molecule has 3 rings (SSSR count). The van der Waals surface area contributed by atoms with Gasteiger partial charge in [0.15, 0.2) is 0 Å². The molecule has 0 aliphatic heterocycles. The van der Waals surface area contributed by atoms with Crippen molar-refractivity contribution in [1.29, 1.82) is 5.26 Å². The summed E-state index contributed by atoms with van der Waals surface area (Å²) in [5, 5.41) is 19.7. The Balaban J connectivity index is 1.93. The van der Waals surface area contributed by atoms with Crippen LogP contribution in [0.15, 0.2) is 53.1 Å². The van der Waals surface area contributed by atoms with E-state index in [9.17, 15) is 19.1 Å². The van der Waals surface area contributed by atoms with Gasteiger partial charge in [-0.2, -0.15) is 5.26 Å². The molecule has 7 heteroatoms. The second kappa shape index (κ2) is 7.21. The zero-order valence-corrected chi connectivity index (χ0v) is 14.7. The summed E-state index contributed by atoms with van der Waals surface area (Å²) in [6, 6.07) is 12.7. The normalized spacial score (nSPS) is 13.4. The molecule has 0 spiro atoms. The van der Waals surface area contributed by atoms with E-state index < -0.39 is 16.9 Å². The van der Waals surface area contributed by atoms with E-state index in [4.69, 9.17) is 0 Å². The highest BCUT2D eigenvalue weighted by atomic mass is 32.2. The average molecular weight is 374 g/mol. The van der Waals surface area contributed by atoms with E-state index in [1.165, 1.54) is 17.4 Å². The summed E-state index contributed by atoms with van der Waals surface area (Å²) >= 11 is 2.31. The van der Waals surface area contributed by atoms with Crippen LogP contribution in [0.4, 0.5) is 8.78 Å². The number of aromatic nitrogens is 1. The van der Waals surface area contributed by atoms with Crippen LogP contribution >= 0.6 is 23.1 Å². The third-order valence-electron chi connectivity index (χ3n) is 3.46. The molecule has 1 heterocycles. The summed E-state index contributed by atoms with van der Waals surface area (Å²) in [6.07, 6.45) is 0. The third-order valence-corrected chi connectivity index (χ3v) is 5.67. The summed E-state index contributed by atoms with van der Waals surface area (Å²) in [5.41, 5.74) is 0.802. The molecule has 0 aliphatic carbocycles. The number of thioether (sulfide) groups is 1. The van der Waals surface area contributed by atoms with Crippen LogP contribution in [0.5, 0.6) is 0 Å². The smallest absolute Gasteiger partial charge is 0.139 e. The lowest BCUT2D eigenvalue weighted by molar-refractivity contribution is 0.402. The van der Waals surface area contributed by atoms with Gasteiger partial charge in [0.25, 0.3) is 0 Å².